The topological polar surface area (TPSA) is 75.8 Å². The highest BCUT2D eigenvalue weighted by Crippen LogP contribution is 2.22. The highest BCUT2D eigenvalue weighted by Gasteiger charge is 2.23. The van der Waals surface area contributed by atoms with Gasteiger partial charge in [-0.15, -0.1) is 0 Å². The summed E-state index contributed by atoms with van der Waals surface area (Å²) < 4.78 is 5.64. The Labute approximate surface area is 124 Å². The van der Waals surface area contributed by atoms with Crippen LogP contribution in [0, 0.1) is 10.1 Å². The minimum absolute atomic E-state index is 0.0115. The number of aliphatic hydroxyl groups excluding tert-OH is 1. The SMILES string of the molecule is CCOC1CCCN(CC(O)c2cccc([N+](=O)[O-])c2)C1. The van der Waals surface area contributed by atoms with E-state index in [0.29, 0.717) is 18.7 Å². The summed E-state index contributed by atoms with van der Waals surface area (Å²) in [5.41, 5.74) is 0.597. The van der Waals surface area contributed by atoms with Gasteiger partial charge in [0.25, 0.3) is 5.69 Å². The van der Waals surface area contributed by atoms with Crippen LogP contribution in [0.5, 0.6) is 0 Å². The first-order valence-electron chi connectivity index (χ1n) is 7.36. The molecule has 1 fully saturated rings. The monoisotopic (exact) mass is 294 g/mol. The van der Waals surface area contributed by atoms with Gasteiger partial charge in [-0.2, -0.15) is 0 Å². The Morgan fingerprint density at radius 1 is 1.57 bits per heavy atom. The minimum atomic E-state index is -0.717. The standard InChI is InChI=1S/C15H22N2O4/c1-2-21-14-7-4-8-16(10-14)11-15(18)12-5-3-6-13(9-12)17(19)20/h3,5-6,9,14-15,18H,2,4,7-8,10-11H2,1H3. The van der Waals surface area contributed by atoms with E-state index in [1.807, 2.05) is 6.92 Å². The number of β-amino-alcohol motifs (C(OH)–C–C–N with tert-alkyl or cyclic N) is 1. The Balaban J connectivity index is 1.95. The molecule has 1 aliphatic heterocycles. The molecule has 1 saturated heterocycles. The molecule has 2 unspecified atom stereocenters. The van der Waals surface area contributed by atoms with Gasteiger partial charge in [0, 0.05) is 31.8 Å². The lowest BCUT2D eigenvalue weighted by molar-refractivity contribution is -0.385. The van der Waals surface area contributed by atoms with Crippen molar-refractivity contribution in [3.8, 4) is 0 Å². The third-order valence-electron chi connectivity index (χ3n) is 3.76. The molecule has 0 aliphatic carbocycles. The number of rotatable bonds is 6. The molecular formula is C15H22N2O4. The molecule has 0 aromatic heterocycles. The van der Waals surface area contributed by atoms with Crippen molar-refractivity contribution in [2.75, 3.05) is 26.2 Å². The molecule has 2 atom stereocenters. The second-order valence-electron chi connectivity index (χ2n) is 5.35. The maximum atomic E-state index is 10.8. The van der Waals surface area contributed by atoms with Crippen molar-refractivity contribution in [1.29, 1.82) is 0 Å². The first-order chi connectivity index (χ1) is 10.1. The summed E-state index contributed by atoms with van der Waals surface area (Å²) in [5, 5.41) is 21.1. The Hall–Kier alpha value is -1.50. The predicted octanol–water partition coefficient (Wildman–Crippen LogP) is 2.13. The van der Waals surface area contributed by atoms with Crippen LogP contribution >= 0.6 is 0 Å². The van der Waals surface area contributed by atoms with E-state index in [1.54, 1.807) is 12.1 Å². The first kappa shape index (κ1) is 15.9. The molecule has 0 amide bonds. The summed E-state index contributed by atoms with van der Waals surface area (Å²) in [7, 11) is 0. The molecule has 0 bridgehead atoms. The Bertz CT molecular complexity index is 478. The number of nitro benzene ring substituents is 1. The van der Waals surface area contributed by atoms with Crippen molar-refractivity contribution < 1.29 is 14.8 Å². The molecule has 6 heteroatoms. The summed E-state index contributed by atoms with van der Waals surface area (Å²) >= 11 is 0. The smallest absolute Gasteiger partial charge is 0.269 e. The lowest BCUT2D eigenvalue weighted by Gasteiger charge is -2.33. The number of hydrogen-bond donors (Lipinski definition) is 1. The molecule has 1 N–H and O–H groups in total. The average Bonchev–Trinajstić information content (AvgIpc) is 2.48. The number of likely N-dealkylation sites (tertiary alicyclic amines) is 1. The molecular weight excluding hydrogens is 272 g/mol. The van der Waals surface area contributed by atoms with Crippen LogP contribution < -0.4 is 0 Å². The Kier molecular flexibility index (Phi) is 5.67. The van der Waals surface area contributed by atoms with E-state index in [2.05, 4.69) is 4.90 Å². The number of benzene rings is 1. The fourth-order valence-corrected chi connectivity index (χ4v) is 2.75. The van der Waals surface area contributed by atoms with Crippen molar-refractivity contribution in [2.24, 2.45) is 0 Å². The average molecular weight is 294 g/mol. The van der Waals surface area contributed by atoms with Crippen LogP contribution in [0.25, 0.3) is 0 Å². The first-order valence-corrected chi connectivity index (χ1v) is 7.36. The summed E-state index contributed by atoms with van der Waals surface area (Å²) in [4.78, 5) is 12.5. The van der Waals surface area contributed by atoms with Crippen LogP contribution in [0.15, 0.2) is 24.3 Å². The van der Waals surface area contributed by atoms with Gasteiger partial charge in [-0.1, -0.05) is 12.1 Å². The molecule has 0 saturated carbocycles. The Morgan fingerprint density at radius 2 is 2.38 bits per heavy atom. The van der Waals surface area contributed by atoms with Gasteiger partial charge in [0.1, 0.15) is 0 Å². The van der Waals surface area contributed by atoms with Crippen LogP contribution in [0.3, 0.4) is 0 Å². The molecule has 1 heterocycles. The zero-order valence-electron chi connectivity index (χ0n) is 12.3. The minimum Gasteiger partial charge on any atom is -0.387 e. The molecule has 116 valence electrons. The van der Waals surface area contributed by atoms with Gasteiger partial charge in [-0.3, -0.25) is 15.0 Å². The Morgan fingerprint density at radius 3 is 3.10 bits per heavy atom. The summed E-state index contributed by atoms with van der Waals surface area (Å²) in [6.45, 7) is 4.89. The molecule has 1 aromatic rings. The lowest BCUT2D eigenvalue weighted by atomic mass is 10.0. The highest BCUT2D eigenvalue weighted by molar-refractivity contribution is 5.35. The number of piperidine rings is 1. The number of nitrogens with zero attached hydrogens (tertiary/aromatic N) is 2. The molecule has 21 heavy (non-hydrogen) atoms. The van der Waals surface area contributed by atoms with Gasteiger partial charge in [0.15, 0.2) is 0 Å². The number of nitro groups is 1. The molecule has 1 aromatic carbocycles. The van der Waals surface area contributed by atoms with Crippen molar-refractivity contribution >= 4 is 5.69 Å². The summed E-state index contributed by atoms with van der Waals surface area (Å²) in [6.07, 6.45) is 1.61. The quantitative estimate of drug-likeness (QED) is 0.642. The third-order valence-corrected chi connectivity index (χ3v) is 3.76. The number of hydrogen-bond acceptors (Lipinski definition) is 5. The van der Waals surface area contributed by atoms with Crippen molar-refractivity contribution in [3.63, 3.8) is 0 Å². The maximum absolute atomic E-state index is 10.8. The molecule has 2 rings (SSSR count). The zero-order valence-corrected chi connectivity index (χ0v) is 12.3. The van der Waals surface area contributed by atoms with Gasteiger partial charge in [-0.05, 0) is 31.9 Å². The van der Waals surface area contributed by atoms with E-state index in [4.69, 9.17) is 4.74 Å². The van der Waals surface area contributed by atoms with Gasteiger partial charge in [-0.25, -0.2) is 0 Å². The van der Waals surface area contributed by atoms with Gasteiger partial charge in [0.2, 0.25) is 0 Å². The summed E-state index contributed by atoms with van der Waals surface area (Å²) in [6, 6.07) is 6.20. The predicted molar refractivity (Wildman–Crippen MR) is 79.1 cm³/mol. The second kappa shape index (κ2) is 7.49. The molecule has 1 aliphatic rings. The lowest BCUT2D eigenvalue weighted by Crippen LogP contribution is -2.41. The van der Waals surface area contributed by atoms with Gasteiger partial charge >= 0.3 is 0 Å². The van der Waals surface area contributed by atoms with Crippen LogP contribution in [0.1, 0.15) is 31.4 Å². The number of non-ortho nitro benzene ring substituents is 1. The van der Waals surface area contributed by atoms with Crippen molar-refractivity contribution in [2.45, 2.75) is 32.0 Å². The van der Waals surface area contributed by atoms with Crippen LogP contribution in [0.2, 0.25) is 0 Å². The third kappa shape index (κ3) is 4.49. The van der Waals surface area contributed by atoms with E-state index in [9.17, 15) is 15.2 Å². The zero-order chi connectivity index (χ0) is 15.2. The van der Waals surface area contributed by atoms with E-state index >= 15 is 0 Å². The van der Waals surface area contributed by atoms with Crippen molar-refractivity contribution in [3.05, 3.63) is 39.9 Å². The fraction of sp³-hybridized carbons (Fsp3) is 0.600. The number of ether oxygens (including phenoxy) is 1. The van der Waals surface area contributed by atoms with Gasteiger partial charge in [0.05, 0.1) is 17.1 Å². The fourth-order valence-electron chi connectivity index (χ4n) is 2.75. The van der Waals surface area contributed by atoms with E-state index in [0.717, 1.165) is 25.9 Å². The molecule has 0 spiro atoms. The van der Waals surface area contributed by atoms with Crippen LogP contribution in [-0.2, 0) is 4.74 Å². The largest absolute Gasteiger partial charge is 0.387 e. The second-order valence-corrected chi connectivity index (χ2v) is 5.35. The molecule has 0 radical (unpaired) electrons. The maximum Gasteiger partial charge on any atom is 0.269 e. The van der Waals surface area contributed by atoms with Crippen molar-refractivity contribution in [1.82, 2.24) is 4.90 Å². The van der Waals surface area contributed by atoms with E-state index < -0.39 is 11.0 Å². The van der Waals surface area contributed by atoms with Crippen LogP contribution in [0.4, 0.5) is 5.69 Å². The molecule has 6 nitrogen and oxygen atoms in total. The normalized spacial score (nSPS) is 21.1. The summed E-state index contributed by atoms with van der Waals surface area (Å²) in [5.74, 6) is 0. The number of aliphatic hydroxyl groups is 1. The van der Waals surface area contributed by atoms with E-state index in [-0.39, 0.29) is 11.8 Å². The van der Waals surface area contributed by atoms with E-state index in [1.165, 1.54) is 12.1 Å². The van der Waals surface area contributed by atoms with Gasteiger partial charge < -0.3 is 9.84 Å². The highest BCUT2D eigenvalue weighted by atomic mass is 16.6. The van der Waals surface area contributed by atoms with Crippen LogP contribution in [-0.4, -0.2) is 47.3 Å².